The molecule has 40 heavy (non-hydrogen) atoms. The summed E-state index contributed by atoms with van der Waals surface area (Å²) in [7, 11) is 2.00. The largest absolute Gasteiger partial charge is 0.373 e. The molecule has 0 aliphatic heterocycles. The number of carbonyl (C=O) groups is 2. The van der Waals surface area contributed by atoms with Crippen molar-refractivity contribution in [3.8, 4) is 11.1 Å². The number of anilines is 3. The fraction of sp³-hybridized carbons (Fsp3) is 0.156. The van der Waals surface area contributed by atoms with Gasteiger partial charge in [0.1, 0.15) is 11.5 Å². The van der Waals surface area contributed by atoms with Crippen molar-refractivity contribution < 1.29 is 9.59 Å². The normalized spacial score (nSPS) is 10.9. The molecule has 7 nitrogen and oxygen atoms in total. The number of pyridine rings is 2. The van der Waals surface area contributed by atoms with Crippen molar-refractivity contribution in [1.82, 2.24) is 9.38 Å². The van der Waals surface area contributed by atoms with Gasteiger partial charge in [-0.3, -0.25) is 9.59 Å². The number of fused-ring (bicyclic) bond motifs is 1. The monoisotopic (exact) mass is 551 g/mol. The molecule has 8 heteroatoms. The number of amides is 1. The Morgan fingerprint density at radius 1 is 0.950 bits per heavy atom. The van der Waals surface area contributed by atoms with Gasteiger partial charge in [-0.25, -0.2) is 4.98 Å². The van der Waals surface area contributed by atoms with Crippen molar-refractivity contribution in [3.63, 3.8) is 0 Å². The van der Waals surface area contributed by atoms with Crippen LogP contribution in [0.3, 0.4) is 0 Å². The van der Waals surface area contributed by atoms with E-state index in [0.29, 0.717) is 16.3 Å². The Balaban J connectivity index is 1.27. The Kier molecular flexibility index (Phi) is 7.84. The number of nitrogens with one attached hydrogen (secondary N) is 2. The molecule has 2 N–H and O–H groups in total. The fourth-order valence-electron chi connectivity index (χ4n) is 4.72. The molecule has 0 spiro atoms. The predicted octanol–water partition coefficient (Wildman–Crippen LogP) is 6.64. The van der Waals surface area contributed by atoms with Crippen LogP contribution in [0, 0.1) is 13.8 Å². The predicted molar refractivity (Wildman–Crippen MR) is 163 cm³/mol. The molecular weight excluding hydrogens is 522 g/mol. The third kappa shape index (κ3) is 6.00. The summed E-state index contributed by atoms with van der Waals surface area (Å²) in [6.45, 7) is 5.51. The SMILES string of the molecule is Cc1cc(C)nc(NCCN(C)c2ccc(NC(=O)C(=O)c3c(-c4ccccc4)cc4ccc(Cl)cn34)cc2)c1. The molecule has 0 atom stereocenters. The van der Waals surface area contributed by atoms with Crippen LogP contribution in [0.4, 0.5) is 17.2 Å². The zero-order valence-corrected chi connectivity index (χ0v) is 23.4. The van der Waals surface area contributed by atoms with E-state index in [1.54, 1.807) is 28.8 Å². The van der Waals surface area contributed by atoms with Crippen molar-refractivity contribution in [2.45, 2.75) is 13.8 Å². The van der Waals surface area contributed by atoms with Crippen LogP contribution in [0.5, 0.6) is 0 Å². The molecular formula is C32H30ClN5O2. The molecule has 3 aromatic heterocycles. The number of nitrogens with zero attached hydrogens (tertiary/aromatic N) is 3. The van der Waals surface area contributed by atoms with Crippen LogP contribution in [-0.4, -0.2) is 41.2 Å². The van der Waals surface area contributed by atoms with E-state index in [0.717, 1.165) is 41.4 Å². The Morgan fingerprint density at radius 2 is 1.70 bits per heavy atom. The Morgan fingerprint density at radius 3 is 2.42 bits per heavy atom. The van der Waals surface area contributed by atoms with E-state index < -0.39 is 11.7 Å². The van der Waals surface area contributed by atoms with E-state index in [9.17, 15) is 9.59 Å². The number of aromatic nitrogens is 2. The molecule has 3 heterocycles. The number of Topliss-reactive ketones (excluding diaryl/α,β-unsaturated/α-hetero) is 1. The van der Waals surface area contributed by atoms with E-state index in [1.165, 1.54) is 5.56 Å². The number of halogens is 1. The highest BCUT2D eigenvalue weighted by Gasteiger charge is 2.25. The van der Waals surface area contributed by atoms with Crippen LogP contribution in [0.15, 0.2) is 91.1 Å². The second-order valence-electron chi connectivity index (χ2n) is 9.76. The van der Waals surface area contributed by atoms with Crippen molar-refractivity contribution in [2.75, 3.05) is 35.7 Å². The molecule has 0 radical (unpaired) electrons. The van der Waals surface area contributed by atoms with Crippen molar-refractivity contribution in [2.24, 2.45) is 0 Å². The summed E-state index contributed by atoms with van der Waals surface area (Å²) < 4.78 is 1.67. The van der Waals surface area contributed by atoms with Gasteiger partial charge in [-0.05, 0) is 79.6 Å². The first-order valence-corrected chi connectivity index (χ1v) is 13.4. The summed E-state index contributed by atoms with van der Waals surface area (Å²) in [5.41, 5.74) is 6.23. The highest BCUT2D eigenvalue weighted by atomic mass is 35.5. The van der Waals surface area contributed by atoms with Gasteiger partial charge < -0.3 is 19.9 Å². The lowest BCUT2D eigenvalue weighted by molar-refractivity contribution is -0.112. The molecule has 1 amide bonds. The zero-order valence-electron chi connectivity index (χ0n) is 22.6. The lowest BCUT2D eigenvalue weighted by atomic mass is 10.0. The molecule has 202 valence electrons. The second kappa shape index (κ2) is 11.6. The smallest absolute Gasteiger partial charge is 0.298 e. The maximum atomic E-state index is 13.5. The number of hydrogen-bond acceptors (Lipinski definition) is 5. The van der Waals surface area contributed by atoms with Gasteiger partial charge >= 0.3 is 0 Å². The quantitative estimate of drug-likeness (QED) is 0.158. The third-order valence-electron chi connectivity index (χ3n) is 6.66. The van der Waals surface area contributed by atoms with Crippen molar-refractivity contribution >= 4 is 46.0 Å². The lowest BCUT2D eigenvalue weighted by Gasteiger charge is -2.20. The van der Waals surface area contributed by atoms with E-state index in [1.807, 2.05) is 80.7 Å². The molecule has 0 saturated heterocycles. The first-order valence-electron chi connectivity index (χ1n) is 13.0. The van der Waals surface area contributed by atoms with Gasteiger partial charge in [-0.15, -0.1) is 0 Å². The van der Waals surface area contributed by atoms with Crippen LogP contribution < -0.4 is 15.5 Å². The second-order valence-corrected chi connectivity index (χ2v) is 10.2. The third-order valence-corrected chi connectivity index (χ3v) is 6.88. The molecule has 2 aromatic carbocycles. The van der Waals surface area contributed by atoms with E-state index in [-0.39, 0.29) is 5.69 Å². The lowest BCUT2D eigenvalue weighted by Crippen LogP contribution is -2.25. The molecule has 0 bridgehead atoms. The molecule has 0 aliphatic rings. The Labute approximate surface area is 238 Å². The summed E-state index contributed by atoms with van der Waals surface area (Å²) in [6, 6.07) is 26.5. The van der Waals surface area contributed by atoms with Crippen LogP contribution in [0.2, 0.25) is 5.02 Å². The van der Waals surface area contributed by atoms with Gasteiger partial charge in [0.2, 0.25) is 0 Å². The van der Waals surface area contributed by atoms with E-state index in [4.69, 9.17) is 11.6 Å². The van der Waals surface area contributed by atoms with Crippen molar-refractivity contribution in [1.29, 1.82) is 0 Å². The first-order chi connectivity index (χ1) is 19.3. The average Bonchev–Trinajstić information content (AvgIpc) is 3.31. The van der Waals surface area contributed by atoms with Crippen LogP contribution in [0.25, 0.3) is 16.6 Å². The van der Waals surface area contributed by atoms with Crippen LogP contribution in [0.1, 0.15) is 21.7 Å². The summed E-state index contributed by atoms with van der Waals surface area (Å²) in [4.78, 5) is 33.2. The highest BCUT2D eigenvalue weighted by Crippen LogP contribution is 2.30. The fourth-order valence-corrected chi connectivity index (χ4v) is 4.88. The maximum absolute atomic E-state index is 13.5. The number of rotatable bonds is 9. The molecule has 0 aliphatic carbocycles. The van der Waals surface area contributed by atoms with E-state index in [2.05, 4.69) is 27.4 Å². The van der Waals surface area contributed by atoms with Crippen LogP contribution in [-0.2, 0) is 4.79 Å². The number of aryl methyl sites for hydroxylation is 2. The number of likely N-dealkylation sites (N-methyl/N-ethyl adjacent to an activating group) is 1. The zero-order chi connectivity index (χ0) is 28.2. The number of hydrogen-bond donors (Lipinski definition) is 2. The number of benzene rings is 2. The minimum atomic E-state index is -0.719. The minimum absolute atomic E-state index is 0.267. The van der Waals surface area contributed by atoms with Gasteiger partial charge in [0.05, 0.1) is 5.02 Å². The summed E-state index contributed by atoms with van der Waals surface area (Å²) in [6.07, 6.45) is 1.65. The average molecular weight is 552 g/mol. The Bertz CT molecular complexity index is 1660. The molecule has 5 rings (SSSR count). The Hall–Kier alpha value is -4.62. The van der Waals surface area contributed by atoms with Gasteiger partial charge in [0.25, 0.3) is 11.7 Å². The van der Waals surface area contributed by atoms with E-state index >= 15 is 0 Å². The molecule has 0 saturated carbocycles. The summed E-state index contributed by atoms with van der Waals surface area (Å²) in [5.74, 6) is -0.501. The molecule has 5 aromatic rings. The van der Waals surface area contributed by atoms with Gasteiger partial charge in [0.15, 0.2) is 0 Å². The van der Waals surface area contributed by atoms with Gasteiger partial charge in [0, 0.05) is 54.5 Å². The summed E-state index contributed by atoms with van der Waals surface area (Å²) >= 11 is 6.23. The van der Waals surface area contributed by atoms with Gasteiger partial charge in [-0.2, -0.15) is 0 Å². The van der Waals surface area contributed by atoms with Gasteiger partial charge in [-0.1, -0.05) is 41.9 Å². The van der Waals surface area contributed by atoms with Crippen LogP contribution >= 0.6 is 11.6 Å². The van der Waals surface area contributed by atoms with Crippen molar-refractivity contribution in [3.05, 3.63) is 113 Å². The summed E-state index contributed by atoms with van der Waals surface area (Å²) in [5, 5.41) is 6.59. The molecule has 0 fully saturated rings. The number of carbonyl (C=O) groups excluding carboxylic acids is 2. The number of ketones is 1. The topological polar surface area (TPSA) is 78.7 Å². The molecule has 0 unspecified atom stereocenters. The minimum Gasteiger partial charge on any atom is -0.373 e. The maximum Gasteiger partial charge on any atom is 0.298 e. The standard InChI is InChI=1S/C32H30ClN5O2/c1-21-17-22(2)35-29(18-21)34-15-16-37(3)26-13-10-25(11-14-26)36-32(40)31(39)30-28(23-7-5-4-6-8-23)19-27-12-9-24(33)20-38(27)30/h4-14,17-20H,15-16H2,1-3H3,(H,34,35)(H,36,40). The first kappa shape index (κ1) is 27.0. The highest BCUT2D eigenvalue weighted by molar-refractivity contribution is 6.47.